The molecule has 0 amide bonds. The molecule has 0 atom stereocenters. The Kier molecular flexibility index (Phi) is 2.67. The van der Waals surface area contributed by atoms with E-state index in [9.17, 15) is 0 Å². The van der Waals surface area contributed by atoms with E-state index in [1.54, 1.807) is 0 Å². The molecule has 3 rings (SSSR count). The van der Waals surface area contributed by atoms with E-state index in [0.29, 0.717) is 0 Å². The lowest BCUT2D eigenvalue weighted by molar-refractivity contribution is 0.942. The normalized spacial score (nSPS) is 15.8. The van der Waals surface area contributed by atoms with Crippen LogP contribution in [-0.2, 0) is 0 Å². The summed E-state index contributed by atoms with van der Waals surface area (Å²) in [5.74, 6) is 1.09. The number of hydrogen-bond acceptors (Lipinski definition) is 2. The number of nitrogens with zero attached hydrogens (tertiary/aromatic N) is 2. The quantitative estimate of drug-likeness (QED) is 0.761. The summed E-state index contributed by atoms with van der Waals surface area (Å²) in [7, 11) is 0. The van der Waals surface area contributed by atoms with Crippen LogP contribution in [0.5, 0.6) is 0 Å². The maximum Gasteiger partial charge on any atom is 0.129 e. The molecule has 3 heteroatoms. The average molecular weight is 247 g/mol. The third-order valence-corrected chi connectivity index (χ3v) is 3.63. The molecule has 88 valence electrons. The van der Waals surface area contributed by atoms with Crippen molar-refractivity contribution in [1.29, 1.82) is 0 Å². The molecule has 2 nitrogen and oxygen atoms in total. The van der Waals surface area contributed by atoms with Crippen molar-refractivity contribution < 1.29 is 0 Å². The van der Waals surface area contributed by atoms with Crippen molar-refractivity contribution in [1.82, 2.24) is 4.98 Å². The highest BCUT2D eigenvalue weighted by Crippen LogP contribution is 2.26. The number of rotatable bonds is 1. The van der Waals surface area contributed by atoms with Crippen molar-refractivity contribution in [2.24, 2.45) is 0 Å². The van der Waals surface area contributed by atoms with E-state index in [-0.39, 0.29) is 0 Å². The molecule has 17 heavy (non-hydrogen) atoms. The first kappa shape index (κ1) is 10.8. The predicted octanol–water partition coefficient (Wildman–Crippen LogP) is 3.80. The van der Waals surface area contributed by atoms with E-state index in [4.69, 9.17) is 16.6 Å². The van der Waals surface area contributed by atoms with Crippen LogP contribution in [0.2, 0.25) is 5.02 Å². The van der Waals surface area contributed by atoms with Gasteiger partial charge in [-0.1, -0.05) is 17.7 Å². The van der Waals surface area contributed by atoms with E-state index >= 15 is 0 Å². The van der Waals surface area contributed by atoms with Crippen LogP contribution in [-0.4, -0.2) is 18.1 Å². The van der Waals surface area contributed by atoms with Gasteiger partial charge >= 0.3 is 0 Å². The van der Waals surface area contributed by atoms with Crippen molar-refractivity contribution in [2.45, 2.75) is 19.8 Å². The predicted molar refractivity (Wildman–Crippen MR) is 72.9 cm³/mol. The van der Waals surface area contributed by atoms with E-state index in [1.807, 2.05) is 18.2 Å². The van der Waals surface area contributed by atoms with Gasteiger partial charge in [0.1, 0.15) is 5.82 Å². The summed E-state index contributed by atoms with van der Waals surface area (Å²) in [5.41, 5.74) is 2.27. The first-order valence-electron chi connectivity index (χ1n) is 6.06. The molecular formula is C14H15ClN2. The van der Waals surface area contributed by atoms with Gasteiger partial charge in [-0.25, -0.2) is 4.98 Å². The summed E-state index contributed by atoms with van der Waals surface area (Å²) < 4.78 is 0. The lowest BCUT2D eigenvalue weighted by Crippen LogP contribution is -2.19. The molecule has 0 spiro atoms. The average Bonchev–Trinajstić information content (AvgIpc) is 2.81. The Morgan fingerprint density at radius 2 is 1.94 bits per heavy atom. The van der Waals surface area contributed by atoms with Gasteiger partial charge < -0.3 is 4.90 Å². The molecule has 2 aromatic rings. The SMILES string of the molecule is Cc1cc(N2CCCC2)nc2cc(Cl)ccc12. The van der Waals surface area contributed by atoms with Gasteiger partial charge in [0, 0.05) is 23.5 Å². The van der Waals surface area contributed by atoms with Crippen LogP contribution in [0, 0.1) is 6.92 Å². The molecule has 0 bridgehead atoms. The zero-order valence-corrected chi connectivity index (χ0v) is 10.7. The number of aryl methyl sites for hydroxylation is 1. The minimum atomic E-state index is 0.753. The number of benzene rings is 1. The zero-order chi connectivity index (χ0) is 11.8. The first-order chi connectivity index (χ1) is 8.24. The fraction of sp³-hybridized carbons (Fsp3) is 0.357. The smallest absolute Gasteiger partial charge is 0.129 e. The molecule has 1 aromatic heterocycles. The lowest BCUT2D eigenvalue weighted by Gasteiger charge is -2.17. The van der Waals surface area contributed by atoms with Crippen molar-refractivity contribution >= 4 is 28.3 Å². The van der Waals surface area contributed by atoms with E-state index in [2.05, 4.69) is 17.9 Å². The minimum absolute atomic E-state index is 0.753. The van der Waals surface area contributed by atoms with Crippen molar-refractivity contribution in [3.05, 3.63) is 34.9 Å². The summed E-state index contributed by atoms with van der Waals surface area (Å²) in [4.78, 5) is 7.07. The molecular weight excluding hydrogens is 232 g/mol. The summed E-state index contributed by atoms with van der Waals surface area (Å²) in [5, 5.41) is 1.94. The van der Waals surface area contributed by atoms with Gasteiger partial charge in [0.25, 0.3) is 0 Å². The van der Waals surface area contributed by atoms with Gasteiger partial charge in [0.2, 0.25) is 0 Å². The molecule has 0 N–H and O–H groups in total. The molecule has 1 fully saturated rings. The first-order valence-corrected chi connectivity index (χ1v) is 6.44. The Morgan fingerprint density at radius 1 is 1.18 bits per heavy atom. The Balaban J connectivity index is 2.14. The molecule has 0 unspecified atom stereocenters. The fourth-order valence-electron chi connectivity index (χ4n) is 2.47. The third kappa shape index (κ3) is 1.98. The van der Waals surface area contributed by atoms with Gasteiger partial charge in [0.15, 0.2) is 0 Å². The molecule has 1 aromatic carbocycles. The van der Waals surface area contributed by atoms with E-state index < -0.39 is 0 Å². The number of fused-ring (bicyclic) bond motifs is 1. The molecule has 0 saturated carbocycles. The summed E-state index contributed by atoms with van der Waals surface area (Å²) in [6.45, 7) is 4.38. The van der Waals surface area contributed by atoms with E-state index in [0.717, 1.165) is 29.4 Å². The van der Waals surface area contributed by atoms with Crippen LogP contribution in [0.1, 0.15) is 18.4 Å². The number of hydrogen-bond donors (Lipinski definition) is 0. The second kappa shape index (κ2) is 4.19. The van der Waals surface area contributed by atoms with E-state index in [1.165, 1.54) is 23.8 Å². The molecule has 1 aliphatic heterocycles. The highest BCUT2D eigenvalue weighted by Gasteiger charge is 2.14. The Bertz CT molecular complexity index is 559. The Morgan fingerprint density at radius 3 is 2.71 bits per heavy atom. The standard InChI is InChI=1S/C14H15ClN2/c1-10-8-14(17-6-2-3-7-17)16-13-9-11(15)4-5-12(10)13/h4-5,8-9H,2-3,6-7H2,1H3. The summed E-state index contributed by atoms with van der Waals surface area (Å²) >= 11 is 6.03. The molecule has 0 radical (unpaired) electrons. The third-order valence-electron chi connectivity index (χ3n) is 3.40. The van der Waals surface area contributed by atoms with Crippen molar-refractivity contribution in [3.63, 3.8) is 0 Å². The van der Waals surface area contributed by atoms with Crippen molar-refractivity contribution in [2.75, 3.05) is 18.0 Å². The molecule has 0 aliphatic carbocycles. The molecule has 2 heterocycles. The van der Waals surface area contributed by atoms with Crippen molar-refractivity contribution in [3.8, 4) is 0 Å². The van der Waals surface area contributed by atoms with Gasteiger partial charge in [-0.15, -0.1) is 0 Å². The lowest BCUT2D eigenvalue weighted by atomic mass is 10.1. The number of anilines is 1. The van der Waals surface area contributed by atoms with Crippen LogP contribution in [0.15, 0.2) is 24.3 Å². The zero-order valence-electron chi connectivity index (χ0n) is 9.91. The molecule has 1 aliphatic rings. The fourth-order valence-corrected chi connectivity index (χ4v) is 2.63. The topological polar surface area (TPSA) is 16.1 Å². The van der Waals surface area contributed by atoms with Gasteiger partial charge in [0.05, 0.1) is 5.52 Å². The Hall–Kier alpha value is -1.28. The second-order valence-electron chi connectivity index (χ2n) is 4.65. The van der Waals surface area contributed by atoms with Crippen LogP contribution in [0.3, 0.4) is 0 Å². The van der Waals surface area contributed by atoms with Gasteiger partial charge in [-0.3, -0.25) is 0 Å². The summed E-state index contributed by atoms with van der Waals surface area (Å²) in [6, 6.07) is 8.10. The highest BCUT2D eigenvalue weighted by atomic mass is 35.5. The second-order valence-corrected chi connectivity index (χ2v) is 5.09. The maximum atomic E-state index is 6.03. The number of halogens is 1. The monoisotopic (exact) mass is 246 g/mol. The van der Waals surface area contributed by atoms with Crippen LogP contribution >= 0.6 is 11.6 Å². The van der Waals surface area contributed by atoms with Crippen LogP contribution in [0.25, 0.3) is 10.9 Å². The largest absolute Gasteiger partial charge is 0.357 e. The maximum absolute atomic E-state index is 6.03. The molecule has 1 saturated heterocycles. The number of aromatic nitrogens is 1. The van der Waals surface area contributed by atoms with Crippen LogP contribution < -0.4 is 4.90 Å². The van der Waals surface area contributed by atoms with Gasteiger partial charge in [-0.2, -0.15) is 0 Å². The van der Waals surface area contributed by atoms with Crippen LogP contribution in [0.4, 0.5) is 5.82 Å². The van der Waals surface area contributed by atoms with Gasteiger partial charge in [-0.05, 0) is 43.5 Å². The highest BCUT2D eigenvalue weighted by molar-refractivity contribution is 6.31. The number of pyridine rings is 1. The Labute approximate surface area is 106 Å². The minimum Gasteiger partial charge on any atom is -0.357 e. The summed E-state index contributed by atoms with van der Waals surface area (Å²) in [6.07, 6.45) is 2.54.